The number of carbonyl (C=O) groups is 2. The number of hydrogen-bond acceptors (Lipinski definition) is 5. The maximum absolute atomic E-state index is 12.5. The summed E-state index contributed by atoms with van der Waals surface area (Å²) in [6.45, 7) is 1.37. The molecule has 0 saturated carbocycles. The first kappa shape index (κ1) is 20.6. The monoisotopic (exact) mass is 446 g/mol. The van der Waals surface area contributed by atoms with Gasteiger partial charge in [-0.1, -0.05) is 35.9 Å². The number of likely N-dealkylation sites (tertiary alicyclic amines) is 1. The Hall–Kier alpha value is -2.68. The predicted molar refractivity (Wildman–Crippen MR) is 114 cm³/mol. The molecule has 1 amide bonds. The van der Waals surface area contributed by atoms with E-state index >= 15 is 0 Å². The number of rotatable bonds is 5. The normalized spacial score (nSPS) is 20.6. The summed E-state index contributed by atoms with van der Waals surface area (Å²) in [5.74, 6) is -1.26. The first-order valence-electron chi connectivity index (χ1n) is 9.40. The summed E-state index contributed by atoms with van der Waals surface area (Å²) in [6.07, 6.45) is 1.16. The molecule has 2 aliphatic rings. The van der Waals surface area contributed by atoms with E-state index in [1.54, 1.807) is 42.5 Å². The highest BCUT2D eigenvalue weighted by molar-refractivity contribution is 7.80. The van der Waals surface area contributed by atoms with Crippen molar-refractivity contribution in [1.82, 2.24) is 10.2 Å². The Labute approximate surface area is 183 Å². The number of benzene rings is 2. The van der Waals surface area contributed by atoms with Gasteiger partial charge in [0, 0.05) is 6.54 Å². The Bertz CT molecular complexity index is 984. The number of thiocarbonyl (C=S) groups is 1. The van der Waals surface area contributed by atoms with E-state index in [-0.39, 0.29) is 22.7 Å². The van der Waals surface area contributed by atoms with Crippen molar-refractivity contribution in [1.29, 1.82) is 0 Å². The summed E-state index contributed by atoms with van der Waals surface area (Å²) in [5, 5.41) is 12.7. The van der Waals surface area contributed by atoms with Crippen LogP contribution in [0.2, 0.25) is 5.02 Å². The molecule has 2 fully saturated rings. The molecule has 4 rings (SSSR count). The van der Waals surface area contributed by atoms with Gasteiger partial charge in [-0.25, -0.2) is 4.79 Å². The third-order valence-corrected chi connectivity index (χ3v) is 5.84. The molecular formula is C21H19ClN2O5S. The molecule has 2 N–H and O–H groups in total. The minimum atomic E-state index is -1.23. The zero-order valence-electron chi connectivity index (χ0n) is 15.8. The highest BCUT2D eigenvalue weighted by Crippen LogP contribution is 2.29. The molecule has 0 radical (unpaired) electrons. The Kier molecular flexibility index (Phi) is 5.90. The Morgan fingerprint density at radius 3 is 2.57 bits per heavy atom. The second kappa shape index (κ2) is 8.59. The molecule has 0 spiro atoms. The standard InChI is InChI=1S/C21H19ClN2O5S/c22-17-4-2-1-3-16(17)19(25)23-18(20(26)27)12-5-7-14(8-6-12)29-21(30)24-10-15-9-13(24)11-28-15/h1-8,13,15,18H,9-11H2,(H,23,25)(H,26,27). The molecule has 2 aromatic rings. The summed E-state index contributed by atoms with van der Waals surface area (Å²) in [4.78, 5) is 26.2. The van der Waals surface area contributed by atoms with Crippen LogP contribution < -0.4 is 10.1 Å². The van der Waals surface area contributed by atoms with Crippen molar-refractivity contribution in [3.63, 3.8) is 0 Å². The molecule has 30 heavy (non-hydrogen) atoms. The van der Waals surface area contributed by atoms with Crippen molar-refractivity contribution in [3.8, 4) is 5.75 Å². The lowest BCUT2D eigenvalue weighted by Gasteiger charge is -2.28. The predicted octanol–water partition coefficient (Wildman–Crippen LogP) is 3.03. The van der Waals surface area contributed by atoms with E-state index in [9.17, 15) is 14.7 Å². The van der Waals surface area contributed by atoms with Crippen LogP contribution in [0.3, 0.4) is 0 Å². The fourth-order valence-electron chi connectivity index (χ4n) is 3.65. The molecule has 2 aliphatic heterocycles. The van der Waals surface area contributed by atoms with E-state index in [2.05, 4.69) is 5.32 Å². The maximum Gasteiger partial charge on any atom is 0.330 e. The van der Waals surface area contributed by atoms with Gasteiger partial charge in [0.25, 0.3) is 11.1 Å². The second-order valence-electron chi connectivity index (χ2n) is 7.16. The molecule has 0 aromatic heterocycles. The van der Waals surface area contributed by atoms with Crippen molar-refractivity contribution < 1.29 is 24.2 Å². The number of morpholine rings is 1. The topological polar surface area (TPSA) is 88.1 Å². The van der Waals surface area contributed by atoms with Gasteiger partial charge in [-0.3, -0.25) is 4.79 Å². The Balaban J connectivity index is 1.43. The fourth-order valence-corrected chi connectivity index (χ4v) is 4.19. The number of hydrogen-bond donors (Lipinski definition) is 2. The van der Waals surface area contributed by atoms with Crippen molar-refractivity contribution in [3.05, 3.63) is 64.7 Å². The maximum atomic E-state index is 12.5. The summed E-state index contributed by atoms with van der Waals surface area (Å²) >= 11 is 11.4. The van der Waals surface area contributed by atoms with Gasteiger partial charge < -0.3 is 24.8 Å². The number of fused-ring (bicyclic) bond motifs is 2. The van der Waals surface area contributed by atoms with Crippen molar-refractivity contribution in [2.45, 2.75) is 24.6 Å². The molecule has 0 aliphatic carbocycles. The van der Waals surface area contributed by atoms with E-state index in [0.29, 0.717) is 23.1 Å². The van der Waals surface area contributed by atoms with Crippen LogP contribution in [0.25, 0.3) is 0 Å². The second-order valence-corrected chi connectivity index (χ2v) is 7.92. The van der Waals surface area contributed by atoms with Crippen molar-refractivity contribution >= 4 is 40.9 Å². The molecule has 3 unspecified atom stereocenters. The molecule has 2 saturated heterocycles. The van der Waals surface area contributed by atoms with Gasteiger partial charge in [-0.15, -0.1) is 0 Å². The van der Waals surface area contributed by atoms with Gasteiger partial charge >= 0.3 is 5.97 Å². The molecular weight excluding hydrogens is 428 g/mol. The van der Waals surface area contributed by atoms with E-state index in [1.807, 2.05) is 4.90 Å². The minimum absolute atomic E-state index is 0.206. The number of amides is 1. The lowest BCUT2D eigenvalue weighted by atomic mass is 10.1. The summed E-state index contributed by atoms with van der Waals surface area (Å²) in [6, 6.07) is 11.9. The van der Waals surface area contributed by atoms with E-state index < -0.39 is 17.9 Å². The van der Waals surface area contributed by atoms with Gasteiger partial charge in [0.2, 0.25) is 0 Å². The first-order chi connectivity index (χ1) is 14.4. The largest absolute Gasteiger partial charge is 0.479 e. The van der Waals surface area contributed by atoms with Crippen LogP contribution in [0, 0.1) is 0 Å². The highest BCUT2D eigenvalue weighted by Gasteiger charge is 2.40. The summed E-state index contributed by atoms with van der Waals surface area (Å²) in [5.41, 5.74) is 0.606. The number of carbonyl (C=O) groups excluding carboxylic acids is 1. The lowest BCUT2D eigenvalue weighted by molar-refractivity contribution is -0.139. The zero-order chi connectivity index (χ0) is 21.3. The molecule has 2 bridgehead atoms. The average molecular weight is 447 g/mol. The van der Waals surface area contributed by atoms with Crippen LogP contribution in [0.1, 0.15) is 28.4 Å². The summed E-state index contributed by atoms with van der Waals surface area (Å²) < 4.78 is 11.3. The molecule has 9 heteroatoms. The van der Waals surface area contributed by atoms with Crippen LogP contribution >= 0.6 is 23.8 Å². The number of nitrogens with zero attached hydrogens (tertiary/aromatic N) is 1. The fraction of sp³-hybridized carbons (Fsp3) is 0.286. The van der Waals surface area contributed by atoms with Crippen molar-refractivity contribution in [2.24, 2.45) is 0 Å². The molecule has 7 nitrogen and oxygen atoms in total. The first-order valence-corrected chi connectivity index (χ1v) is 10.2. The summed E-state index contributed by atoms with van der Waals surface area (Å²) in [7, 11) is 0. The number of carboxylic acids is 1. The number of halogens is 1. The van der Waals surface area contributed by atoms with Crippen LogP contribution in [0.4, 0.5) is 0 Å². The third-order valence-electron chi connectivity index (χ3n) is 5.19. The molecule has 3 atom stereocenters. The Morgan fingerprint density at radius 1 is 1.23 bits per heavy atom. The van der Waals surface area contributed by atoms with E-state index in [0.717, 1.165) is 13.0 Å². The van der Waals surface area contributed by atoms with Gasteiger partial charge in [0.05, 0.1) is 29.3 Å². The van der Waals surface area contributed by atoms with Crippen LogP contribution in [-0.4, -0.2) is 52.4 Å². The van der Waals surface area contributed by atoms with Gasteiger partial charge in [0.1, 0.15) is 5.75 Å². The number of carboxylic acid groups (broad SMARTS) is 1. The number of nitrogens with one attached hydrogen (secondary N) is 1. The smallest absolute Gasteiger partial charge is 0.330 e. The third kappa shape index (κ3) is 4.26. The molecule has 156 valence electrons. The molecule has 2 heterocycles. The van der Waals surface area contributed by atoms with E-state index in [1.165, 1.54) is 6.07 Å². The van der Waals surface area contributed by atoms with Crippen LogP contribution in [0.5, 0.6) is 5.75 Å². The average Bonchev–Trinajstić information content (AvgIpc) is 3.36. The zero-order valence-corrected chi connectivity index (χ0v) is 17.4. The minimum Gasteiger partial charge on any atom is -0.479 e. The van der Waals surface area contributed by atoms with E-state index in [4.69, 9.17) is 33.3 Å². The number of aliphatic carboxylic acids is 1. The van der Waals surface area contributed by atoms with Crippen LogP contribution in [-0.2, 0) is 9.53 Å². The van der Waals surface area contributed by atoms with Crippen LogP contribution in [0.15, 0.2) is 48.5 Å². The van der Waals surface area contributed by atoms with Crippen molar-refractivity contribution in [2.75, 3.05) is 13.2 Å². The van der Waals surface area contributed by atoms with Gasteiger partial charge in [0.15, 0.2) is 6.04 Å². The highest BCUT2D eigenvalue weighted by atomic mass is 35.5. The van der Waals surface area contributed by atoms with Gasteiger partial charge in [-0.2, -0.15) is 0 Å². The molecule has 2 aromatic carbocycles. The SMILES string of the molecule is O=C(NC(C(=O)O)c1ccc(OC(=S)N2CC3CC2CO3)cc1)c1ccccc1Cl. The Morgan fingerprint density at radius 2 is 1.97 bits per heavy atom. The number of ether oxygens (including phenoxy) is 2. The lowest BCUT2D eigenvalue weighted by Crippen LogP contribution is -2.42. The van der Waals surface area contributed by atoms with Gasteiger partial charge in [-0.05, 0) is 48.5 Å². The quantitative estimate of drug-likeness (QED) is 0.682.